The minimum Gasteiger partial charge on any atom is -0.508 e. The molecule has 40 heavy (non-hydrogen) atoms. The van der Waals surface area contributed by atoms with E-state index in [2.05, 4.69) is 16.0 Å². The third-order valence-electron chi connectivity index (χ3n) is 6.34. The molecule has 1 aliphatic rings. The first kappa shape index (κ1) is 32.6. The van der Waals surface area contributed by atoms with Crippen molar-refractivity contribution in [2.75, 3.05) is 6.54 Å². The van der Waals surface area contributed by atoms with Crippen molar-refractivity contribution in [3.63, 3.8) is 0 Å². The molecule has 0 saturated carbocycles. The van der Waals surface area contributed by atoms with Gasteiger partial charge in [0.2, 0.25) is 5.91 Å². The Labute approximate surface area is 235 Å². The van der Waals surface area contributed by atoms with Gasteiger partial charge in [-0.05, 0) is 48.3 Å². The molecule has 222 valence electrons. The van der Waals surface area contributed by atoms with Crippen LogP contribution in [0.4, 0.5) is 0 Å². The van der Waals surface area contributed by atoms with Crippen molar-refractivity contribution in [3.8, 4) is 5.75 Å². The van der Waals surface area contributed by atoms with E-state index in [1.54, 1.807) is 26.0 Å². The number of carbonyl (C=O) groups excluding carboxylic acids is 5. The van der Waals surface area contributed by atoms with Crippen molar-refractivity contribution in [2.24, 2.45) is 17.8 Å². The van der Waals surface area contributed by atoms with Crippen molar-refractivity contribution >= 4 is 29.7 Å². The number of phenolic OH excluding ortho intramolecular Hbond substituents is 1. The second-order valence-electron chi connectivity index (χ2n) is 11.4. The number of amides is 3. The molecule has 4 atom stereocenters. The Kier molecular flexibility index (Phi) is 12.4. The molecule has 0 unspecified atom stereocenters. The van der Waals surface area contributed by atoms with Crippen LogP contribution in [-0.2, 0) is 39.9 Å². The summed E-state index contributed by atoms with van der Waals surface area (Å²) in [6.07, 6.45) is -2.03. The molecule has 11 heteroatoms. The van der Waals surface area contributed by atoms with Crippen LogP contribution in [0, 0.1) is 17.8 Å². The van der Waals surface area contributed by atoms with Gasteiger partial charge in [-0.25, -0.2) is 4.79 Å². The quantitative estimate of drug-likeness (QED) is 0.368. The average molecular weight is 562 g/mol. The normalized spacial score (nSPS) is 23.9. The lowest BCUT2D eigenvalue weighted by atomic mass is 10.0. The van der Waals surface area contributed by atoms with Crippen molar-refractivity contribution in [1.82, 2.24) is 16.0 Å². The van der Waals surface area contributed by atoms with E-state index in [9.17, 15) is 29.1 Å². The third kappa shape index (κ3) is 10.5. The van der Waals surface area contributed by atoms with Crippen LogP contribution < -0.4 is 16.0 Å². The number of esters is 2. The Balaban J connectivity index is 2.42. The van der Waals surface area contributed by atoms with Gasteiger partial charge in [-0.1, -0.05) is 53.7 Å². The Bertz CT molecular complexity index is 1040. The fourth-order valence-electron chi connectivity index (χ4n) is 4.20. The Morgan fingerprint density at radius 2 is 1.35 bits per heavy atom. The Hall–Kier alpha value is -3.63. The molecular weight excluding hydrogens is 518 g/mol. The topological polar surface area (TPSA) is 160 Å². The fraction of sp³-hybridized carbons (Fsp3) is 0.621. The van der Waals surface area contributed by atoms with Crippen LogP contribution in [0.25, 0.3) is 0 Å². The zero-order chi connectivity index (χ0) is 30.0. The first-order valence-electron chi connectivity index (χ1n) is 13.8. The zero-order valence-corrected chi connectivity index (χ0v) is 24.2. The summed E-state index contributed by atoms with van der Waals surface area (Å²) >= 11 is 0. The summed E-state index contributed by atoms with van der Waals surface area (Å²) in [5, 5.41) is 17.6. The minimum atomic E-state index is -1.21. The van der Waals surface area contributed by atoms with E-state index in [1.807, 2.05) is 27.7 Å². The number of nitrogens with one attached hydrogen (secondary N) is 3. The largest absolute Gasteiger partial charge is 0.508 e. The molecule has 1 aliphatic heterocycles. The van der Waals surface area contributed by atoms with Gasteiger partial charge in [-0.15, -0.1) is 0 Å². The van der Waals surface area contributed by atoms with Crippen molar-refractivity contribution in [3.05, 3.63) is 29.8 Å². The molecule has 0 aliphatic carbocycles. The number of hydrogen-bond acceptors (Lipinski definition) is 8. The van der Waals surface area contributed by atoms with Gasteiger partial charge in [-0.3, -0.25) is 19.2 Å². The van der Waals surface area contributed by atoms with E-state index in [0.29, 0.717) is 5.56 Å². The maximum Gasteiger partial charge on any atom is 0.329 e. The number of carbonyl (C=O) groups is 5. The Morgan fingerprint density at radius 3 is 1.90 bits per heavy atom. The molecule has 1 aromatic carbocycles. The SMILES string of the molecule is CC(C)C[C@@H]1OC(=O)[C@H](C(C)C)NC(=O)[C@@H](CC(C)C)OC(=O)CCNC(=O)[C@H](Cc2ccc(O)cc2)NC1=O. The van der Waals surface area contributed by atoms with Gasteiger partial charge in [0.1, 0.15) is 17.8 Å². The number of rotatable bonds is 7. The Morgan fingerprint density at radius 1 is 0.800 bits per heavy atom. The lowest BCUT2D eigenvalue weighted by molar-refractivity contribution is -0.163. The van der Waals surface area contributed by atoms with Crippen LogP contribution in [0.15, 0.2) is 24.3 Å². The van der Waals surface area contributed by atoms with Gasteiger partial charge < -0.3 is 30.5 Å². The highest BCUT2D eigenvalue weighted by Gasteiger charge is 2.35. The molecule has 1 saturated heterocycles. The second-order valence-corrected chi connectivity index (χ2v) is 11.4. The van der Waals surface area contributed by atoms with Crippen LogP contribution in [-0.4, -0.2) is 65.6 Å². The number of phenols is 1. The van der Waals surface area contributed by atoms with E-state index < -0.39 is 54.0 Å². The van der Waals surface area contributed by atoms with Gasteiger partial charge in [-0.2, -0.15) is 0 Å². The van der Waals surface area contributed by atoms with E-state index >= 15 is 0 Å². The first-order valence-corrected chi connectivity index (χ1v) is 13.8. The molecule has 0 spiro atoms. The predicted octanol–water partition coefficient (Wildman–Crippen LogP) is 2.00. The van der Waals surface area contributed by atoms with Crippen LogP contribution in [0.5, 0.6) is 5.75 Å². The van der Waals surface area contributed by atoms with Crippen LogP contribution >= 0.6 is 0 Å². The number of hydrogen-bond donors (Lipinski definition) is 4. The van der Waals surface area contributed by atoms with Crippen molar-refractivity contribution in [2.45, 2.75) is 91.5 Å². The molecule has 3 amide bonds. The summed E-state index contributed by atoms with van der Waals surface area (Å²) in [6, 6.07) is 4.05. The monoisotopic (exact) mass is 561 g/mol. The number of benzene rings is 1. The number of cyclic esters (lactones) is 2. The summed E-state index contributed by atoms with van der Waals surface area (Å²) in [4.78, 5) is 65.4. The summed E-state index contributed by atoms with van der Waals surface area (Å²) in [5.41, 5.74) is 0.670. The smallest absolute Gasteiger partial charge is 0.329 e. The van der Waals surface area contributed by atoms with Gasteiger partial charge >= 0.3 is 11.9 Å². The lowest BCUT2D eigenvalue weighted by Gasteiger charge is -2.28. The average Bonchev–Trinajstić information content (AvgIpc) is 2.85. The molecule has 0 radical (unpaired) electrons. The molecule has 1 heterocycles. The summed E-state index contributed by atoms with van der Waals surface area (Å²) < 4.78 is 11.1. The first-order chi connectivity index (χ1) is 18.8. The molecule has 0 aromatic heterocycles. The van der Waals surface area contributed by atoms with E-state index in [4.69, 9.17) is 9.47 Å². The standard InChI is InChI=1S/C29H43N3O8/c1-16(2)13-22-28(37)32-25(18(5)6)29(38)40-23(14-17(3)4)27(36)31-21(15-19-7-9-20(33)10-8-19)26(35)30-12-11-24(34)39-22/h7-10,16-18,21-23,25,33H,11-15H2,1-6H3,(H,30,35)(H,31,36)(H,32,37)/t21-,22+,23-,25-/m0/s1. The van der Waals surface area contributed by atoms with Gasteiger partial charge in [0.05, 0.1) is 6.42 Å². The number of ether oxygens (including phenoxy) is 2. The van der Waals surface area contributed by atoms with Crippen LogP contribution in [0.2, 0.25) is 0 Å². The van der Waals surface area contributed by atoms with Crippen molar-refractivity contribution < 1.29 is 38.6 Å². The highest BCUT2D eigenvalue weighted by atomic mass is 16.6. The highest BCUT2D eigenvalue weighted by Crippen LogP contribution is 2.17. The second kappa shape index (κ2) is 15.2. The number of aromatic hydroxyl groups is 1. The van der Waals surface area contributed by atoms with Gasteiger partial charge in [0.15, 0.2) is 12.2 Å². The molecule has 4 N–H and O–H groups in total. The van der Waals surface area contributed by atoms with Gasteiger partial charge in [0.25, 0.3) is 11.8 Å². The molecular formula is C29H43N3O8. The highest BCUT2D eigenvalue weighted by molar-refractivity contribution is 5.92. The summed E-state index contributed by atoms with van der Waals surface area (Å²) in [7, 11) is 0. The van der Waals surface area contributed by atoms with E-state index in [1.165, 1.54) is 12.1 Å². The maximum atomic E-state index is 13.4. The van der Waals surface area contributed by atoms with Gasteiger partial charge in [0, 0.05) is 13.0 Å². The maximum absolute atomic E-state index is 13.4. The van der Waals surface area contributed by atoms with Crippen molar-refractivity contribution in [1.29, 1.82) is 0 Å². The van der Waals surface area contributed by atoms with E-state index in [-0.39, 0.29) is 55.7 Å². The zero-order valence-electron chi connectivity index (χ0n) is 24.2. The lowest BCUT2D eigenvalue weighted by Crippen LogP contribution is -2.54. The fourth-order valence-corrected chi connectivity index (χ4v) is 4.20. The van der Waals surface area contributed by atoms with Crippen LogP contribution in [0.3, 0.4) is 0 Å². The summed E-state index contributed by atoms with van der Waals surface area (Å²) in [5.74, 6) is -3.67. The van der Waals surface area contributed by atoms with Crippen LogP contribution in [0.1, 0.15) is 66.4 Å². The molecule has 0 bridgehead atoms. The van der Waals surface area contributed by atoms with E-state index in [0.717, 1.165) is 0 Å². The molecule has 1 aromatic rings. The predicted molar refractivity (Wildman–Crippen MR) is 147 cm³/mol. The molecule has 11 nitrogen and oxygen atoms in total. The molecule has 1 fully saturated rings. The third-order valence-corrected chi connectivity index (χ3v) is 6.34. The summed E-state index contributed by atoms with van der Waals surface area (Å²) in [6.45, 7) is 10.9. The minimum absolute atomic E-state index is 0.0121. The molecule has 2 rings (SSSR count).